The van der Waals surface area contributed by atoms with Gasteiger partial charge in [-0.1, -0.05) is 0 Å². The van der Waals surface area contributed by atoms with Gasteiger partial charge in [0.1, 0.15) is 5.82 Å². The zero-order chi connectivity index (χ0) is 6.69. The first-order chi connectivity index (χ1) is 4.34. The van der Waals surface area contributed by atoms with E-state index < -0.39 is 0 Å². The summed E-state index contributed by atoms with van der Waals surface area (Å²) in [6.45, 7) is 0. The summed E-state index contributed by atoms with van der Waals surface area (Å²) >= 11 is 0. The Kier molecular flexibility index (Phi) is 1.63. The molecule has 0 fully saturated rings. The fourth-order valence-corrected chi connectivity index (χ4v) is 0.617. The Morgan fingerprint density at radius 3 is 3.00 bits per heavy atom. The molecule has 1 aromatic rings. The second kappa shape index (κ2) is 2.44. The van der Waals surface area contributed by atoms with Gasteiger partial charge < -0.3 is 4.57 Å². The van der Waals surface area contributed by atoms with Crippen LogP contribution in [0.3, 0.4) is 0 Å². The maximum absolute atomic E-state index is 4.02. The Morgan fingerprint density at radius 1 is 1.78 bits per heavy atom. The summed E-state index contributed by atoms with van der Waals surface area (Å²) in [6, 6.07) is 0. The molecule has 0 aliphatic heterocycles. The van der Waals surface area contributed by atoms with Crippen LogP contribution in [0.15, 0.2) is 17.4 Å². The highest BCUT2D eigenvalue weighted by atomic mass is 15.0. The van der Waals surface area contributed by atoms with Crippen molar-refractivity contribution >= 4 is 6.21 Å². The highest BCUT2D eigenvalue weighted by Crippen LogP contribution is 1.87. The summed E-state index contributed by atoms with van der Waals surface area (Å²) in [5, 5.41) is 0. The highest BCUT2D eigenvalue weighted by Gasteiger charge is 1.89. The van der Waals surface area contributed by atoms with Crippen LogP contribution in [-0.4, -0.2) is 22.8 Å². The predicted molar refractivity (Wildman–Crippen MR) is 36.7 cm³/mol. The molecule has 1 rings (SSSR count). The molecule has 0 amide bonds. The molecule has 0 saturated carbocycles. The van der Waals surface area contributed by atoms with E-state index >= 15 is 0 Å². The lowest BCUT2D eigenvalue weighted by molar-refractivity contribution is 0.901. The van der Waals surface area contributed by atoms with E-state index in [0.29, 0.717) is 0 Å². The first kappa shape index (κ1) is 6.01. The third-order valence-electron chi connectivity index (χ3n) is 1.10. The summed E-state index contributed by atoms with van der Waals surface area (Å²) in [4.78, 5) is 7.85. The largest absolute Gasteiger partial charge is 0.333 e. The molecule has 0 saturated heterocycles. The van der Waals surface area contributed by atoms with Gasteiger partial charge in [0.2, 0.25) is 0 Å². The van der Waals surface area contributed by atoms with Crippen LogP contribution in [-0.2, 0) is 7.05 Å². The molecule has 0 atom stereocenters. The minimum absolute atomic E-state index is 0.887. The molecule has 3 heteroatoms. The molecule has 1 aromatic heterocycles. The third-order valence-corrected chi connectivity index (χ3v) is 1.10. The van der Waals surface area contributed by atoms with Gasteiger partial charge in [-0.2, -0.15) is 0 Å². The van der Waals surface area contributed by atoms with Crippen molar-refractivity contribution in [2.45, 2.75) is 0 Å². The van der Waals surface area contributed by atoms with Gasteiger partial charge in [0.05, 0.1) is 6.21 Å². The van der Waals surface area contributed by atoms with Crippen LogP contribution in [0.1, 0.15) is 5.82 Å². The molecule has 0 radical (unpaired) electrons. The van der Waals surface area contributed by atoms with E-state index in [-0.39, 0.29) is 0 Å². The third kappa shape index (κ3) is 1.16. The van der Waals surface area contributed by atoms with E-state index in [4.69, 9.17) is 0 Å². The lowest BCUT2D eigenvalue weighted by Crippen LogP contribution is -1.94. The van der Waals surface area contributed by atoms with Gasteiger partial charge in [0.25, 0.3) is 0 Å². The molecule has 0 aromatic carbocycles. The van der Waals surface area contributed by atoms with E-state index in [2.05, 4.69) is 9.98 Å². The standard InChI is InChI=1S/C6H9N3/c1-7-5-6-8-3-4-9(6)2/h3-5H,1-2H3/b7-5-. The monoisotopic (exact) mass is 123 g/mol. The summed E-state index contributed by atoms with van der Waals surface area (Å²) in [7, 11) is 3.67. The van der Waals surface area contributed by atoms with Crippen molar-refractivity contribution in [3.05, 3.63) is 18.2 Å². The molecular weight excluding hydrogens is 114 g/mol. The van der Waals surface area contributed by atoms with Gasteiger partial charge in [-0.05, 0) is 0 Å². The molecule has 1 heterocycles. The summed E-state index contributed by atoms with van der Waals surface area (Å²) < 4.78 is 1.91. The Hall–Kier alpha value is -1.12. The fourth-order valence-electron chi connectivity index (χ4n) is 0.617. The number of aliphatic imine (C=N–C) groups is 1. The molecule has 0 bridgehead atoms. The zero-order valence-corrected chi connectivity index (χ0v) is 5.57. The summed E-state index contributed by atoms with van der Waals surface area (Å²) in [5.41, 5.74) is 0. The minimum atomic E-state index is 0.887. The van der Waals surface area contributed by atoms with Gasteiger partial charge in [-0.3, -0.25) is 4.99 Å². The molecule has 48 valence electrons. The van der Waals surface area contributed by atoms with Gasteiger partial charge in [0.15, 0.2) is 0 Å². The van der Waals surface area contributed by atoms with Crippen LogP contribution in [0.2, 0.25) is 0 Å². The average molecular weight is 123 g/mol. The van der Waals surface area contributed by atoms with Crippen molar-refractivity contribution in [2.24, 2.45) is 12.0 Å². The number of nitrogens with zero attached hydrogens (tertiary/aromatic N) is 3. The van der Waals surface area contributed by atoms with E-state index in [1.54, 1.807) is 19.5 Å². The quantitative estimate of drug-likeness (QED) is 0.499. The molecule has 0 unspecified atom stereocenters. The van der Waals surface area contributed by atoms with Crippen molar-refractivity contribution in [3.63, 3.8) is 0 Å². The summed E-state index contributed by atoms with van der Waals surface area (Å²) in [6.07, 6.45) is 5.36. The number of aryl methyl sites for hydroxylation is 1. The molecule has 0 N–H and O–H groups in total. The second-order valence-electron chi connectivity index (χ2n) is 1.78. The van der Waals surface area contributed by atoms with Crippen LogP contribution in [0.25, 0.3) is 0 Å². The molecule has 3 nitrogen and oxygen atoms in total. The molecule has 0 aliphatic rings. The van der Waals surface area contributed by atoms with Gasteiger partial charge >= 0.3 is 0 Å². The number of hydrogen-bond acceptors (Lipinski definition) is 2. The smallest absolute Gasteiger partial charge is 0.150 e. The van der Waals surface area contributed by atoms with E-state index in [1.807, 2.05) is 17.8 Å². The molecule has 0 aliphatic carbocycles. The lowest BCUT2D eigenvalue weighted by Gasteiger charge is -1.89. The van der Waals surface area contributed by atoms with Crippen molar-refractivity contribution < 1.29 is 0 Å². The van der Waals surface area contributed by atoms with Crippen molar-refractivity contribution in [1.82, 2.24) is 9.55 Å². The van der Waals surface area contributed by atoms with Crippen LogP contribution >= 0.6 is 0 Å². The predicted octanol–water partition coefficient (Wildman–Crippen LogP) is 0.469. The molecule has 0 spiro atoms. The summed E-state index contributed by atoms with van der Waals surface area (Å²) in [5.74, 6) is 0.887. The maximum atomic E-state index is 4.02. The van der Waals surface area contributed by atoms with E-state index in [1.165, 1.54) is 0 Å². The normalized spacial score (nSPS) is 10.9. The number of hydrogen-bond donors (Lipinski definition) is 0. The van der Waals surface area contributed by atoms with Crippen LogP contribution in [0.5, 0.6) is 0 Å². The second-order valence-corrected chi connectivity index (χ2v) is 1.78. The fraction of sp³-hybridized carbons (Fsp3) is 0.333. The zero-order valence-electron chi connectivity index (χ0n) is 5.57. The minimum Gasteiger partial charge on any atom is -0.333 e. The van der Waals surface area contributed by atoms with E-state index in [9.17, 15) is 0 Å². The van der Waals surface area contributed by atoms with E-state index in [0.717, 1.165) is 5.82 Å². The first-order valence-corrected chi connectivity index (χ1v) is 2.74. The lowest BCUT2D eigenvalue weighted by atomic mass is 10.6. The first-order valence-electron chi connectivity index (χ1n) is 2.74. The maximum Gasteiger partial charge on any atom is 0.150 e. The Balaban J connectivity index is 2.94. The number of rotatable bonds is 1. The topological polar surface area (TPSA) is 30.2 Å². The van der Waals surface area contributed by atoms with Gasteiger partial charge in [-0.25, -0.2) is 4.98 Å². The Morgan fingerprint density at radius 2 is 2.56 bits per heavy atom. The van der Waals surface area contributed by atoms with Crippen molar-refractivity contribution in [2.75, 3.05) is 7.05 Å². The number of imidazole rings is 1. The van der Waals surface area contributed by atoms with Crippen LogP contribution < -0.4 is 0 Å². The molecule has 9 heavy (non-hydrogen) atoms. The molecular formula is C6H9N3. The van der Waals surface area contributed by atoms with Gasteiger partial charge in [-0.15, -0.1) is 0 Å². The Labute approximate surface area is 54.1 Å². The average Bonchev–Trinajstić information content (AvgIpc) is 2.18. The van der Waals surface area contributed by atoms with Gasteiger partial charge in [0, 0.05) is 26.5 Å². The van der Waals surface area contributed by atoms with Crippen molar-refractivity contribution in [3.8, 4) is 0 Å². The number of aromatic nitrogens is 2. The Bertz CT molecular complexity index is 212. The van der Waals surface area contributed by atoms with Crippen LogP contribution in [0.4, 0.5) is 0 Å². The highest BCUT2D eigenvalue weighted by molar-refractivity contribution is 5.74. The van der Waals surface area contributed by atoms with Crippen LogP contribution in [0, 0.1) is 0 Å². The van der Waals surface area contributed by atoms with Crippen molar-refractivity contribution in [1.29, 1.82) is 0 Å². The SMILES string of the molecule is C/N=C\c1nccn1C.